The molecule has 3 rings (SSSR count). The van der Waals surface area contributed by atoms with Gasteiger partial charge in [-0.1, -0.05) is 71.2 Å². The third kappa shape index (κ3) is 6.58. The molecule has 28 heavy (non-hydrogen) atoms. The molecule has 1 saturated carbocycles. The predicted molar refractivity (Wildman–Crippen MR) is 119 cm³/mol. The molecule has 2 nitrogen and oxygen atoms in total. The molecule has 2 heteroatoms. The molecule has 1 fully saturated rings. The molecule has 0 saturated heterocycles. The van der Waals surface area contributed by atoms with Gasteiger partial charge in [-0.25, -0.2) is 0 Å². The molecule has 2 aromatic carbocycles. The summed E-state index contributed by atoms with van der Waals surface area (Å²) in [6.45, 7) is 9.30. The van der Waals surface area contributed by atoms with Crippen molar-refractivity contribution in [3.63, 3.8) is 0 Å². The average Bonchev–Trinajstić information content (AvgIpc) is 2.72. The van der Waals surface area contributed by atoms with Gasteiger partial charge < -0.3 is 9.84 Å². The van der Waals surface area contributed by atoms with Crippen molar-refractivity contribution in [3.8, 4) is 11.5 Å². The maximum Gasteiger partial charge on any atom is 0.119 e. The van der Waals surface area contributed by atoms with Gasteiger partial charge in [-0.2, -0.15) is 0 Å². The fraction of sp³-hybridized carbons (Fsp3) is 0.538. The van der Waals surface area contributed by atoms with Crippen LogP contribution in [0.4, 0.5) is 0 Å². The first-order valence-electron chi connectivity index (χ1n) is 11.1. The topological polar surface area (TPSA) is 29.5 Å². The number of phenols is 1. The number of ether oxygens (including phenoxy) is 1. The molecule has 0 spiro atoms. The summed E-state index contributed by atoms with van der Waals surface area (Å²) >= 11 is 0. The third-order valence-electron chi connectivity index (χ3n) is 5.89. The summed E-state index contributed by atoms with van der Waals surface area (Å²) in [6.07, 6.45) is 9.74. The van der Waals surface area contributed by atoms with E-state index in [-0.39, 0.29) is 0 Å². The normalized spacial score (nSPS) is 15.4. The van der Waals surface area contributed by atoms with E-state index in [4.69, 9.17) is 4.74 Å². The number of rotatable bonds is 7. The van der Waals surface area contributed by atoms with Crippen molar-refractivity contribution in [3.05, 3.63) is 59.2 Å². The highest BCUT2D eigenvalue weighted by molar-refractivity contribution is 5.39. The molecule has 0 heterocycles. The number of hydrogen-bond acceptors (Lipinski definition) is 2. The quantitative estimate of drug-likeness (QED) is 0.544. The lowest BCUT2D eigenvalue weighted by atomic mass is 9.74. The number of phenolic OH excluding ortho intramolecular Hbond substituents is 1. The van der Waals surface area contributed by atoms with Crippen LogP contribution in [-0.2, 0) is 12.8 Å². The lowest BCUT2D eigenvalue weighted by Gasteiger charge is -2.33. The zero-order valence-corrected chi connectivity index (χ0v) is 18.3. The van der Waals surface area contributed by atoms with E-state index in [0.717, 1.165) is 37.2 Å². The summed E-state index contributed by atoms with van der Waals surface area (Å²) < 4.78 is 6.00. The summed E-state index contributed by atoms with van der Waals surface area (Å²) in [7, 11) is 0. The number of aryl methyl sites for hydroxylation is 1. The van der Waals surface area contributed by atoms with Gasteiger partial charge in [0.25, 0.3) is 0 Å². The largest absolute Gasteiger partial charge is 0.508 e. The summed E-state index contributed by atoms with van der Waals surface area (Å²) in [5, 5.41) is 9.82. The van der Waals surface area contributed by atoms with Gasteiger partial charge in [-0.05, 0) is 72.4 Å². The van der Waals surface area contributed by atoms with Crippen molar-refractivity contribution < 1.29 is 9.84 Å². The zero-order valence-electron chi connectivity index (χ0n) is 18.3. The second-order valence-corrected chi connectivity index (χ2v) is 8.11. The zero-order chi connectivity index (χ0) is 20.4. The van der Waals surface area contributed by atoms with Gasteiger partial charge in [0.1, 0.15) is 11.5 Å². The molecule has 2 aromatic rings. The summed E-state index contributed by atoms with van der Waals surface area (Å²) in [5.74, 6) is 1.36. The first kappa shape index (κ1) is 22.3. The highest BCUT2D eigenvalue weighted by Gasteiger charge is 2.26. The molecular formula is C26H38O2. The molecule has 154 valence electrons. The third-order valence-corrected chi connectivity index (χ3v) is 5.89. The molecule has 0 unspecified atom stereocenters. The number of aromatic hydroxyl groups is 1. The Hall–Kier alpha value is -1.96. The first-order chi connectivity index (χ1) is 13.6. The van der Waals surface area contributed by atoms with Crippen LogP contribution >= 0.6 is 0 Å². The van der Waals surface area contributed by atoms with E-state index in [1.165, 1.54) is 43.2 Å². The fourth-order valence-corrected chi connectivity index (χ4v) is 4.04. The summed E-state index contributed by atoms with van der Waals surface area (Å²) in [5.41, 5.74) is 4.00. The van der Waals surface area contributed by atoms with Crippen LogP contribution < -0.4 is 4.74 Å². The average molecular weight is 383 g/mol. The molecule has 1 N–H and O–H groups in total. The standard InChI is InChI=1S/C24H32O2.C2H6/c1-3-21-18-20(9-12-23(21)25)17-19-7-10-22(11-8-19)26-16-15-24(2)13-5-4-6-14-24;1-2/h7-12,18,25H,3-6,13-17H2,1-2H3;1-2H3. The van der Waals surface area contributed by atoms with E-state index in [0.29, 0.717) is 11.2 Å². The molecule has 0 aromatic heterocycles. The smallest absolute Gasteiger partial charge is 0.119 e. The van der Waals surface area contributed by atoms with E-state index in [1.807, 2.05) is 19.9 Å². The van der Waals surface area contributed by atoms with Gasteiger partial charge in [0.2, 0.25) is 0 Å². The fourth-order valence-electron chi connectivity index (χ4n) is 4.04. The minimum atomic E-state index is 0.395. The number of hydrogen-bond donors (Lipinski definition) is 1. The second-order valence-electron chi connectivity index (χ2n) is 8.11. The van der Waals surface area contributed by atoms with Crippen LogP contribution in [0.5, 0.6) is 11.5 Å². The van der Waals surface area contributed by atoms with Crippen molar-refractivity contribution in [2.45, 2.75) is 79.1 Å². The molecule has 0 amide bonds. The molecule has 1 aliphatic carbocycles. The van der Waals surface area contributed by atoms with Crippen molar-refractivity contribution in [2.75, 3.05) is 6.61 Å². The Kier molecular flexibility index (Phi) is 8.89. The number of benzene rings is 2. The minimum absolute atomic E-state index is 0.395. The second kappa shape index (κ2) is 11.1. The maximum atomic E-state index is 9.82. The van der Waals surface area contributed by atoms with Gasteiger partial charge in [-0.3, -0.25) is 0 Å². The predicted octanol–water partition coefficient (Wildman–Crippen LogP) is 7.31. The van der Waals surface area contributed by atoms with E-state index >= 15 is 0 Å². The van der Waals surface area contributed by atoms with E-state index in [1.54, 1.807) is 6.07 Å². The first-order valence-corrected chi connectivity index (χ1v) is 11.1. The van der Waals surface area contributed by atoms with Crippen molar-refractivity contribution >= 4 is 0 Å². The summed E-state index contributed by atoms with van der Waals surface area (Å²) in [4.78, 5) is 0. The molecule has 1 aliphatic rings. The van der Waals surface area contributed by atoms with Gasteiger partial charge in [0, 0.05) is 0 Å². The van der Waals surface area contributed by atoms with Crippen LogP contribution in [0.1, 0.15) is 82.9 Å². The van der Waals surface area contributed by atoms with Crippen LogP contribution in [0.2, 0.25) is 0 Å². The van der Waals surface area contributed by atoms with Crippen molar-refractivity contribution in [2.24, 2.45) is 5.41 Å². The van der Waals surface area contributed by atoms with E-state index < -0.39 is 0 Å². The highest BCUT2D eigenvalue weighted by atomic mass is 16.5. The van der Waals surface area contributed by atoms with Gasteiger partial charge in [0.15, 0.2) is 0 Å². The van der Waals surface area contributed by atoms with Gasteiger partial charge in [0.05, 0.1) is 6.61 Å². The monoisotopic (exact) mass is 382 g/mol. The van der Waals surface area contributed by atoms with Crippen LogP contribution in [0, 0.1) is 5.41 Å². The molecule has 0 atom stereocenters. The molecular weight excluding hydrogens is 344 g/mol. The van der Waals surface area contributed by atoms with Crippen LogP contribution in [0.25, 0.3) is 0 Å². The van der Waals surface area contributed by atoms with Crippen LogP contribution in [0.15, 0.2) is 42.5 Å². The Bertz CT molecular complexity index is 697. The summed E-state index contributed by atoms with van der Waals surface area (Å²) in [6, 6.07) is 14.4. The Balaban J connectivity index is 0.00000136. The lowest BCUT2D eigenvalue weighted by molar-refractivity contribution is 0.157. The van der Waals surface area contributed by atoms with Crippen molar-refractivity contribution in [1.29, 1.82) is 0 Å². The Morgan fingerprint density at radius 2 is 1.57 bits per heavy atom. The Morgan fingerprint density at radius 1 is 0.929 bits per heavy atom. The SMILES string of the molecule is CC.CCc1cc(Cc2ccc(OCCC3(C)CCCCC3)cc2)ccc1O. The van der Waals surface area contributed by atoms with E-state index in [9.17, 15) is 5.11 Å². The molecule has 0 radical (unpaired) electrons. The molecule has 0 bridgehead atoms. The van der Waals surface area contributed by atoms with Gasteiger partial charge in [-0.15, -0.1) is 0 Å². The molecule has 0 aliphatic heterocycles. The van der Waals surface area contributed by atoms with Crippen LogP contribution in [-0.4, -0.2) is 11.7 Å². The van der Waals surface area contributed by atoms with Gasteiger partial charge >= 0.3 is 0 Å². The minimum Gasteiger partial charge on any atom is -0.508 e. The highest BCUT2D eigenvalue weighted by Crippen LogP contribution is 2.38. The Morgan fingerprint density at radius 3 is 2.21 bits per heavy atom. The lowest BCUT2D eigenvalue weighted by Crippen LogP contribution is -2.22. The van der Waals surface area contributed by atoms with Crippen LogP contribution in [0.3, 0.4) is 0 Å². The van der Waals surface area contributed by atoms with Crippen molar-refractivity contribution in [1.82, 2.24) is 0 Å². The van der Waals surface area contributed by atoms with E-state index in [2.05, 4.69) is 44.2 Å². The Labute approximate surface area is 172 Å². The maximum absolute atomic E-state index is 9.82.